The molecule has 0 spiro atoms. The molecule has 1 aromatic rings. The molecule has 0 unspecified atom stereocenters. The molecule has 1 fully saturated rings. The predicted molar refractivity (Wildman–Crippen MR) is 108 cm³/mol. The lowest BCUT2D eigenvalue weighted by Gasteiger charge is -2.43. The number of hydrogen-bond donors (Lipinski definition) is 1. The monoisotopic (exact) mass is 422 g/mol. The fourth-order valence-corrected chi connectivity index (χ4v) is 3.78. The minimum atomic E-state index is -1.72. The van der Waals surface area contributed by atoms with Gasteiger partial charge in [-0.25, -0.2) is 4.39 Å². The van der Waals surface area contributed by atoms with Crippen LogP contribution in [0.4, 0.5) is 4.39 Å². The Kier molecular flexibility index (Phi) is 7.75. The second kappa shape index (κ2) is 9.69. The molecule has 0 saturated heterocycles. The molecule has 1 saturated carbocycles. The second-order valence-corrected chi connectivity index (χ2v) is 9.08. The highest BCUT2D eigenvalue weighted by atomic mass is 19.1. The molecule has 0 bridgehead atoms. The highest BCUT2D eigenvalue weighted by molar-refractivity contribution is 6.02. The summed E-state index contributed by atoms with van der Waals surface area (Å²) in [5, 5.41) is 11.0. The summed E-state index contributed by atoms with van der Waals surface area (Å²) in [7, 11) is 0. The van der Waals surface area contributed by atoms with E-state index in [9.17, 15) is 23.9 Å². The molecule has 0 aromatic heterocycles. The molecule has 7 heteroatoms. The number of esters is 2. The number of aliphatic hydroxyl groups is 1. The van der Waals surface area contributed by atoms with Crippen LogP contribution in [-0.2, 0) is 23.9 Å². The summed E-state index contributed by atoms with van der Waals surface area (Å²) < 4.78 is 24.2. The van der Waals surface area contributed by atoms with Crippen molar-refractivity contribution in [2.24, 2.45) is 23.7 Å². The third kappa shape index (κ3) is 5.65. The molecule has 0 heterocycles. The van der Waals surface area contributed by atoms with Crippen LogP contribution in [0.1, 0.15) is 52.5 Å². The molecule has 4 atom stereocenters. The van der Waals surface area contributed by atoms with Crippen molar-refractivity contribution in [3.05, 3.63) is 35.6 Å². The van der Waals surface area contributed by atoms with Crippen molar-refractivity contribution >= 4 is 17.7 Å². The van der Waals surface area contributed by atoms with E-state index < -0.39 is 46.9 Å². The van der Waals surface area contributed by atoms with Gasteiger partial charge >= 0.3 is 11.9 Å². The first-order valence-electron chi connectivity index (χ1n) is 10.3. The summed E-state index contributed by atoms with van der Waals surface area (Å²) in [6.45, 7) is 9.13. The van der Waals surface area contributed by atoms with Gasteiger partial charge in [-0.3, -0.25) is 14.4 Å². The van der Waals surface area contributed by atoms with E-state index in [-0.39, 0.29) is 31.5 Å². The Hall–Kier alpha value is -2.28. The van der Waals surface area contributed by atoms with Gasteiger partial charge in [0.2, 0.25) is 0 Å². The topological polar surface area (TPSA) is 89.9 Å². The third-order valence-electron chi connectivity index (χ3n) is 5.15. The molecular formula is C23H31FO6. The van der Waals surface area contributed by atoms with Crippen molar-refractivity contribution < 1.29 is 33.4 Å². The Morgan fingerprint density at radius 3 is 2.07 bits per heavy atom. The number of carbonyl (C=O) groups is 3. The summed E-state index contributed by atoms with van der Waals surface area (Å²) in [6.07, 6.45) is -0.381. The van der Waals surface area contributed by atoms with Crippen molar-refractivity contribution in [3.63, 3.8) is 0 Å². The summed E-state index contributed by atoms with van der Waals surface area (Å²) in [6, 6.07) is 5.21. The van der Waals surface area contributed by atoms with Gasteiger partial charge in [-0.1, -0.05) is 39.8 Å². The second-order valence-electron chi connectivity index (χ2n) is 9.08. The van der Waals surface area contributed by atoms with E-state index in [1.807, 2.05) is 27.7 Å². The van der Waals surface area contributed by atoms with E-state index in [4.69, 9.17) is 9.47 Å². The molecule has 1 aromatic carbocycles. The van der Waals surface area contributed by atoms with Gasteiger partial charge in [0.25, 0.3) is 0 Å². The first-order chi connectivity index (χ1) is 13.9. The fourth-order valence-electron chi connectivity index (χ4n) is 3.78. The quantitative estimate of drug-likeness (QED) is 0.536. The lowest BCUT2D eigenvalue weighted by atomic mass is 9.61. The number of ether oxygens (including phenoxy) is 2. The van der Waals surface area contributed by atoms with Crippen LogP contribution in [0.15, 0.2) is 24.3 Å². The standard InChI is InChI=1S/C23H31FO6/c1-13(2)11-29-21(26)19-17(25)10-23(5,28)20(22(27)30-12-14(3)4)18(19)15-6-8-16(24)9-7-15/h6-9,13-14,18-20,28H,10-12H2,1-5H3/t18-,19+,20-,23-/m0/s1. The maximum Gasteiger partial charge on any atom is 0.317 e. The number of Topliss-reactive ketones (excluding diaryl/α,β-unsaturated/α-hetero) is 1. The van der Waals surface area contributed by atoms with E-state index in [1.54, 1.807) is 0 Å². The van der Waals surface area contributed by atoms with Gasteiger partial charge in [0.05, 0.1) is 24.7 Å². The number of rotatable bonds is 7. The van der Waals surface area contributed by atoms with E-state index in [1.165, 1.54) is 31.2 Å². The van der Waals surface area contributed by atoms with Gasteiger partial charge < -0.3 is 14.6 Å². The van der Waals surface area contributed by atoms with E-state index >= 15 is 0 Å². The summed E-state index contributed by atoms with van der Waals surface area (Å²) >= 11 is 0. The van der Waals surface area contributed by atoms with Gasteiger partial charge in [-0.15, -0.1) is 0 Å². The first kappa shape index (κ1) is 24.0. The molecule has 0 radical (unpaired) electrons. The summed E-state index contributed by atoms with van der Waals surface area (Å²) in [4.78, 5) is 38.7. The molecule has 1 N–H and O–H groups in total. The molecule has 1 aliphatic carbocycles. The fraction of sp³-hybridized carbons (Fsp3) is 0.609. The maximum absolute atomic E-state index is 13.5. The van der Waals surface area contributed by atoms with Gasteiger partial charge in [0.15, 0.2) is 5.78 Å². The molecule has 1 aliphatic rings. The zero-order valence-electron chi connectivity index (χ0n) is 18.2. The van der Waals surface area contributed by atoms with Crippen LogP contribution in [0.2, 0.25) is 0 Å². The van der Waals surface area contributed by atoms with Crippen molar-refractivity contribution in [3.8, 4) is 0 Å². The molecule has 6 nitrogen and oxygen atoms in total. The van der Waals surface area contributed by atoms with Crippen LogP contribution in [0.25, 0.3) is 0 Å². The van der Waals surface area contributed by atoms with Crippen LogP contribution in [0, 0.1) is 29.5 Å². The SMILES string of the molecule is CC(C)COC(=O)[C@@H]1C(=O)C[C@](C)(O)[C@H](C(=O)OCC(C)C)[C@H]1c1ccc(F)cc1. The van der Waals surface area contributed by atoms with Crippen LogP contribution in [0.5, 0.6) is 0 Å². The van der Waals surface area contributed by atoms with Crippen LogP contribution < -0.4 is 0 Å². The molecule has 30 heavy (non-hydrogen) atoms. The third-order valence-corrected chi connectivity index (χ3v) is 5.15. The summed E-state index contributed by atoms with van der Waals surface area (Å²) in [5.74, 6) is -5.82. The van der Waals surface area contributed by atoms with Gasteiger partial charge in [-0.05, 0) is 36.5 Å². The average Bonchev–Trinajstić information content (AvgIpc) is 2.63. The minimum Gasteiger partial charge on any atom is -0.465 e. The van der Waals surface area contributed by atoms with Crippen molar-refractivity contribution in [1.29, 1.82) is 0 Å². The van der Waals surface area contributed by atoms with Crippen molar-refractivity contribution in [2.75, 3.05) is 13.2 Å². The molecule has 2 rings (SSSR count). The summed E-state index contributed by atoms with van der Waals surface area (Å²) in [5.41, 5.74) is -1.33. The smallest absolute Gasteiger partial charge is 0.317 e. The van der Waals surface area contributed by atoms with E-state index in [0.29, 0.717) is 5.56 Å². The molecule has 0 amide bonds. The van der Waals surface area contributed by atoms with Crippen LogP contribution in [-0.4, -0.2) is 41.6 Å². The number of halogens is 1. The number of carbonyl (C=O) groups excluding carboxylic acids is 3. The first-order valence-corrected chi connectivity index (χ1v) is 10.3. The molecule has 166 valence electrons. The highest BCUT2D eigenvalue weighted by Crippen LogP contribution is 2.46. The van der Waals surface area contributed by atoms with E-state index in [2.05, 4.69) is 0 Å². The predicted octanol–water partition coefficient (Wildman–Crippen LogP) is 3.26. The Morgan fingerprint density at radius 2 is 1.57 bits per heavy atom. The minimum absolute atomic E-state index is 0.0619. The van der Waals surface area contributed by atoms with Crippen LogP contribution >= 0.6 is 0 Å². The largest absolute Gasteiger partial charge is 0.465 e. The van der Waals surface area contributed by atoms with Gasteiger partial charge in [-0.2, -0.15) is 0 Å². The highest BCUT2D eigenvalue weighted by Gasteiger charge is 2.57. The van der Waals surface area contributed by atoms with Gasteiger partial charge in [0.1, 0.15) is 11.7 Å². The number of ketones is 1. The number of hydrogen-bond acceptors (Lipinski definition) is 6. The normalized spacial score (nSPS) is 26.7. The van der Waals surface area contributed by atoms with Crippen LogP contribution in [0.3, 0.4) is 0 Å². The zero-order chi connectivity index (χ0) is 22.6. The number of benzene rings is 1. The zero-order valence-corrected chi connectivity index (χ0v) is 18.2. The average molecular weight is 422 g/mol. The Balaban J connectivity index is 2.51. The Bertz CT molecular complexity index is 768. The van der Waals surface area contributed by atoms with Crippen molar-refractivity contribution in [1.82, 2.24) is 0 Å². The van der Waals surface area contributed by atoms with Crippen molar-refractivity contribution in [2.45, 2.75) is 52.6 Å². The molecule has 0 aliphatic heterocycles. The lowest BCUT2D eigenvalue weighted by Crippen LogP contribution is -2.55. The molecular weight excluding hydrogens is 391 g/mol. The van der Waals surface area contributed by atoms with E-state index in [0.717, 1.165) is 0 Å². The maximum atomic E-state index is 13.5. The van der Waals surface area contributed by atoms with Gasteiger partial charge in [0, 0.05) is 12.3 Å². The lowest BCUT2D eigenvalue weighted by molar-refractivity contribution is -0.173. The Labute approximate surface area is 176 Å². The Morgan fingerprint density at radius 1 is 1.07 bits per heavy atom.